The van der Waals surface area contributed by atoms with Gasteiger partial charge in [0.1, 0.15) is 5.75 Å². The molecule has 27 heavy (non-hydrogen) atoms. The normalized spacial score (nSPS) is 24.3. The van der Waals surface area contributed by atoms with Crippen molar-refractivity contribution >= 4 is 5.91 Å². The molecule has 2 aromatic rings. The molecule has 142 valence electrons. The third-order valence-corrected chi connectivity index (χ3v) is 5.90. The van der Waals surface area contributed by atoms with Crippen LogP contribution in [0.1, 0.15) is 41.6 Å². The topological polar surface area (TPSA) is 53.6 Å². The molecule has 1 fully saturated rings. The van der Waals surface area contributed by atoms with Gasteiger partial charge in [0, 0.05) is 13.6 Å². The first-order valence-electron chi connectivity index (χ1n) is 9.66. The number of methoxy groups -OCH3 is 1. The second-order valence-corrected chi connectivity index (χ2v) is 7.44. The highest BCUT2D eigenvalue weighted by Crippen LogP contribution is 2.36. The lowest BCUT2D eigenvalue weighted by atomic mass is 9.86. The van der Waals surface area contributed by atoms with Crippen molar-refractivity contribution in [1.82, 2.24) is 15.8 Å². The number of hydrogen-bond acceptors (Lipinski definition) is 4. The second-order valence-electron chi connectivity index (χ2n) is 7.44. The summed E-state index contributed by atoms with van der Waals surface area (Å²) < 4.78 is 5.35. The minimum absolute atomic E-state index is 0.0612. The van der Waals surface area contributed by atoms with Gasteiger partial charge < -0.3 is 9.64 Å². The highest BCUT2D eigenvalue weighted by molar-refractivity contribution is 5.81. The van der Waals surface area contributed by atoms with Crippen LogP contribution in [-0.2, 0) is 11.2 Å². The zero-order valence-electron chi connectivity index (χ0n) is 15.9. The van der Waals surface area contributed by atoms with Crippen molar-refractivity contribution in [2.75, 3.05) is 20.7 Å². The van der Waals surface area contributed by atoms with E-state index in [-0.39, 0.29) is 23.9 Å². The molecule has 3 unspecified atom stereocenters. The molecule has 3 atom stereocenters. The molecule has 1 heterocycles. The molecule has 4 rings (SSSR count). The summed E-state index contributed by atoms with van der Waals surface area (Å²) in [6.45, 7) is 0.624. The summed E-state index contributed by atoms with van der Waals surface area (Å²) in [5, 5.41) is 0. The van der Waals surface area contributed by atoms with Crippen molar-refractivity contribution in [3.05, 3.63) is 65.2 Å². The van der Waals surface area contributed by atoms with Gasteiger partial charge >= 0.3 is 0 Å². The molecule has 0 radical (unpaired) electrons. The number of nitrogens with zero attached hydrogens (tertiary/aromatic N) is 1. The summed E-state index contributed by atoms with van der Waals surface area (Å²) in [6, 6.07) is 16.6. The quantitative estimate of drug-likeness (QED) is 0.875. The van der Waals surface area contributed by atoms with Gasteiger partial charge in [0.25, 0.3) is 0 Å². The Morgan fingerprint density at radius 3 is 2.89 bits per heavy atom. The number of hydrogen-bond donors (Lipinski definition) is 2. The van der Waals surface area contributed by atoms with Gasteiger partial charge in [-0.15, -0.1) is 0 Å². The van der Waals surface area contributed by atoms with Crippen LogP contribution in [0.5, 0.6) is 5.75 Å². The third kappa shape index (κ3) is 3.45. The van der Waals surface area contributed by atoms with E-state index in [4.69, 9.17) is 4.74 Å². The number of carbonyl (C=O) groups is 1. The van der Waals surface area contributed by atoms with E-state index in [2.05, 4.69) is 35.1 Å². The molecule has 1 aliphatic carbocycles. The Labute approximate surface area is 160 Å². The summed E-state index contributed by atoms with van der Waals surface area (Å²) in [4.78, 5) is 15.4. The summed E-state index contributed by atoms with van der Waals surface area (Å²) >= 11 is 0. The van der Waals surface area contributed by atoms with Crippen LogP contribution in [-0.4, -0.2) is 31.5 Å². The van der Waals surface area contributed by atoms with E-state index in [1.807, 2.05) is 36.2 Å². The van der Waals surface area contributed by atoms with Crippen molar-refractivity contribution in [2.24, 2.45) is 5.92 Å². The van der Waals surface area contributed by atoms with Crippen molar-refractivity contribution < 1.29 is 9.53 Å². The van der Waals surface area contributed by atoms with Crippen LogP contribution in [0.4, 0.5) is 0 Å². The lowest BCUT2D eigenvalue weighted by Crippen LogP contribution is -2.40. The Morgan fingerprint density at radius 1 is 1.19 bits per heavy atom. The monoisotopic (exact) mass is 365 g/mol. The Hall–Kier alpha value is -2.37. The van der Waals surface area contributed by atoms with Gasteiger partial charge in [-0.25, -0.2) is 5.43 Å². The lowest BCUT2D eigenvalue weighted by molar-refractivity contribution is -0.136. The van der Waals surface area contributed by atoms with E-state index in [0.717, 1.165) is 30.6 Å². The van der Waals surface area contributed by atoms with E-state index in [1.54, 1.807) is 7.11 Å². The van der Waals surface area contributed by atoms with Crippen molar-refractivity contribution in [1.29, 1.82) is 0 Å². The maximum atomic E-state index is 13.4. The van der Waals surface area contributed by atoms with Gasteiger partial charge in [0.2, 0.25) is 5.91 Å². The Kier molecular flexibility index (Phi) is 5.14. The SMILES string of the molecule is COc1cccc(C2NNCC2C(=O)N(C)C2CCCc3ccccc32)c1. The van der Waals surface area contributed by atoms with Gasteiger partial charge in [-0.3, -0.25) is 10.2 Å². The predicted molar refractivity (Wildman–Crippen MR) is 105 cm³/mol. The summed E-state index contributed by atoms with van der Waals surface area (Å²) in [5.41, 5.74) is 10.2. The van der Waals surface area contributed by atoms with E-state index in [9.17, 15) is 4.79 Å². The minimum Gasteiger partial charge on any atom is -0.497 e. The molecule has 1 amide bonds. The van der Waals surface area contributed by atoms with Crippen LogP contribution in [0.15, 0.2) is 48.5 Å². The molecule has 0 bridgehead atoms. The maximum Gasteiger partial charge on any atom is 0.229 e. The second kappa shape index (κ2) is 7.71. The molecule has 2 N–H and O–H groups in total. The van der Waals surface area contributed by atoms with Gasteiger partial charge in [-0.2, -0.15) is 0 Å². The van der Waals surface area contributed by atoms with E-state index >= 15 is 0 Å². The van der Waals surface area contributed by atoms with Crippen LogP contribution in [0.25, 0.3) is 0 Å². The molecule has 0 saturated carbocycles. The van der Waals surface area contributed by atoms with E-state index in [1.165, 1.54) is 11.1 Å². The van der Waals surface area contributed by atoms with E-state index in [0.29, 0.717) is 6.54 Å². The zero-order valence-corrected chi connectivity index (χ0v) is 15.9. The molecule has 1 saturated heterocycles. The molecule has 0 spiro atoms. The molecular formula is C22H27N3O2. The first-order valence-corrected chi connectivity index (χ1v) is 9.66. The Morgan fingerprint density at radius 2 is 2.04 bits per heavy atom. The lowest BCUT2D eigenvalue weighted by Gasteiger charge is -2.35. The third-order valence-electron chi connectivity index (χ3n) is 5.90. The number of nitrogens with one attached hydrogen (secondary N) is 2. The van der Waals surface area contributed by atoms with Gasteiger partial charge in [0.05, 0.1) is 25.1 Å². The molecule has 1 aliphatic heterocycles. The van der Waals surface area contributed by atoms with Crippen molar-refractivity contribution in [3.8, 4) is 5.75 Å². The minimum atomic E-state index is -0.142. The van der Waals surface area contributed by atoms with Crippen LogP contribution >= 0.6 is 0 Å². The van der Waals surface area contributed by atoms with Crippen LogP contribution in [0.2, 0.25) is 0 Å². The molecule has 5 heteroatoms. The molecule has 0 aromatic heterocycles. The first kappa shape index (κ1) is 18.0. The molecule has 2 aromatic carbocycles. The summed E-state index contributed by atoms with van der Waals surface area (Å²) in [5.74, 6) is 0.847. The van der Waals surface area contributed by atoms with Gasteiger partial charge in [0.15, 0.2) is 0 Å². The van der Waals surface area contributed by atoms with E-state index < -0.39 is 0 Å². The molecule has 5 nitrogen and oxygen atoms in total. The number of aryl methyl sites for hydroxylation is 1. The number of benzene rings is 2. The average Bonchev–Trinajstić information content (AvgIpc) is 3.22. The number of hydrazine groups is 1. The maximum absolute atomic E-state index is 13.4. The molecular weight excluding hydrogens is 338 g/mol. The van der Waals surface area contributed by atoms with Gasteiger partial charge in [-0.1, -0.05) is 36.4 Å². The predicted octanol–water partition coefficient (Wildman–Crippen LogP) is 3.00. The van der Waals surface area contributed by atoms with Gasteiger partial charge in [-0.05, 0) is 48.1 Å². The number of amides is 1. The van der Waals surface area contributed by atoms with Crippen LogP contribution in [0, 0.1) is 5.92 Å². The Bertz CT molecular complexity index is 823. The van der Waals surface area contributed by atoms with Crippen LogP contribution in [0.3, 0.4) is 0 Å². The van der Waals surface area contributed by atoms with Crippen molar-refractivity contribution in [3.63, 3.8) is 0 Å². The number of carbonyl (C=O) groups excluding carboxylic acids is 1. The van der Waals surface area contributed by atoms with Crippen molar-refractivity contribution in [2.45, 2.75) is 31.3 Å². The fraction of sp³-hybridized carbons (Fsp3) is 0.409. The largest absolute Gasteiger partial charge is 0.497 e. The highest BCUT2D eigenvalue weighted by atomic mass is 16.5. The number of rotatable bonds is 4. The summed E-state index contributed by atoms with van der Waals surface area (Å²) in [6.07, 6.45) is 3.25. The number of fused-ring (bicyclic) bond motifs is 1. The highest BCUT2D eigenvalue weighted by Gasteiger charge is 2.38. The summed E-state index contributed by atoms with van der Waals surface area (Å²) in [7, 11) is 3.62. The zero-order chi connectivity index (χ0) is 18.8. The van der Waals surface area contributed by atoms with Crippen LogP contribution < -0.4 is 15.6 Å². The standard InChI is InChI=1S/C22H27N3O2/c1-25(20-12-6-8-15-7-3-4-11-18(15)20)22(26)19-14-23-24-21(19)16-9-5-10-17(13-16)27-2/h3-5,7,9-11,13,19-21,23-24H,6,8,12,14H2,1-2H3. The number of ether oxygens (including phenoxy) is 1. The first-order chi connectivity index (χ1) is 13.2. The molecule has 2 aliphatic rings. The smallest absolute Gasteiger partial charge is 0.229 e. The fourth-order valence-electron chi connectivity index (χ4n) is 4.42. The Balaban J connectivity index is 1.56. The average molecular weight is 365 g/mol. The fourth-order valence-corrected chi connectivity index (χ4v) is 4.42.